The van der Waals surface area contributed by atoms with Crippen molar-refractivity contribution in [3.63, 3.8) is 0 Å². The Kier molecular flexibility index (Phi) is 5.96. The quantitative estimate of drug-likeness (QED) is 0.512. The molecule has 0 radical (unpaired) electrons. The third-order valence-electron chi connectivity index (χ3n) is 6.74. The molecule has 166 valence electrons. The van der Waals surface area contributed by atoms with Crippen molar-refractivity contribution < 1.29 is 19.4 Å². The molecule has 0 amide bonds. The van der Waals surface area contributed by atoms with E-state index in [1.165, 1.54) is 12.8 Å². The number of hydrogen-bond acceptors (Lipinski definition) is 5. The van der Waals surface area contributed by atoms with Crippen LogP contribution in [0.25, 0.3) is 0 Å². The van der Waals surface area contributed by atoms with Crippen LogP contribution in [0.3, 0.4) is 0 Å². The molecule has 3 aliphatic rings. The highest BCUT2D eigenvalue weighted by Crippen LogP contribution is 2.47. The smallest absolute Gasteiger partial charge is 0.337 e. The summed E-state index contributed by atoms with van der Waals surface area (Å²) in [6, 6.07) is 6.89. The number of rotatable bonds is 3. The van der Waals surface area contributed by atoms with Crippen molar-refractivity contribution in [3.05, 3.63) is 52.4 Å². The third kappa shape index (κ3) is 4.56. The first kappa shape index (κ1) is 21.7. The summed E-state index contributed by atoms with van der Waals surface area (Å²) < 4.78 is 5.99. The average molecular weight is 424 g/mol. The molecule has 1 atom stereocenters. The Balaban J connectivity index is 1.74. The summed E-state index contributed by atoms with van der Waals surface area (Å²) in [6.07, 6.45) is 7.41. The lowest BCUT2D eigenvalue weighted by Crippen LogP contribution is -2.39. The highest BCUT2D eigenvalue weighted by atomic mass is 16.5. The predicted molar refractivity (Wildman–Crippen MR) is 119 cm³/mol. The van der Waals surface area contributed by atoms with Crippen LogP contribution in [0, 0.1) is 5.41 Å². The fourth-order valence-electron chi connectivity index (χ4n) is 5.32. The summed E-state index contributed by atoms with van der Waals surface area (Å²) >= 11 is 0. The molecular weight excluding hydrogens is 390 g/mol. The topological polar surface area (TPSA) is 75.6 Å². The number of hydrogen-bond donors (Lipinski definition) is 2. The van der Waals surface area contributed by atoms with E-state index in [0.717, 1.165) is 49.1 Å². The molecule has 2 aliphatic carbocycles. The van der Waals surface area contributed by atoms with E-state index in [-0.39, 0.29) is 29.0 Å². The first-order valence-corrected chi connectivity index (χ1v) is 11.5. The number of allylic oxidation sites excluding steroid dienone is 3. The lowest BCUT2D eigenvalue weighted by Gasteiger charge is -2.39. The number of esters is 1. The molecule has 1 fully saturated rings. The molecule has 0 saturated heterocycles. The molecule has 0 bridgehead atoms. The number of phenolic OH excluding ortho intramolecular Hbond substituents is 1. The van der Waals surface area contributed by atoms with E-state index in [1.807, 2.05) is 13.0 Å². The zero-order chi connectivity index (χ0) is 22.2. The molecule has 0 aromatic heterocycles. The highest BCUT2D eigenvalue weighted by molar-refractivity contribution is 6.04. The van der Waals surface area contributed by atoms with E-state index in [4.69, 9.17) is 4.74 Å². The van der Waals surface area contributed by atoms with Gasteiger partial charge in [-0.15, -0.1) is 0 Å². The maximum absolute atomic E-state index is 13.4. The Morgan fingerprint density at radius 2 is 1.84 bits per heavy atom. The Bertz CT molecular complexity index is 948. The summed E-state index contributed by atoms with van der Waals surface area (Å²) in [5.74, 6) is -0.699. The zero-order valence-electron chi connectivity index (χ0n) is 18.8. The van der Waals surface area contributed by atoms with Crippen LogP contribution in [0.4, 0.5) is 0 Å². The van der Waals surface area contributed by atoms with E-state index >= 15 is 0 Å². The Morgan fingerprint density at radius 3 is 2.52 bits per heavy atom. The van der Waals surface area contributed by atoms with Crippen molar-refractivity contribution in [2.45, 2.75) is 84.2 Å². The zero-order valence-corrected chi connectivity index (χ0v) is 18.8. The van der Waals surface area contributed by atoms with Crippen molar-refractivity contribution in [2.24, 2.45) is 5.41 Å². The first-order valence-electron chi connectivity index (χ1n) is 11.5. The van der Waals surface area contributed by atoms with Crippen LogP contribution in [0.2, 0.25) is 0 Å². The molecule has 1 aliphatic heterocycles. The lowest BCUT2D eigenvalue weighted by molar-refractivity contribution is -0.145. The van der Waals surface area contributed by atoms with Crippen molar-refractivity contribution in [2.75, 3.05) is 0 Å². The van der Waals surface area contributed by atoms with E-state index in [9.17, 15) is 14.7 Å². The summed E-state index contributed by atoms with van der Waals surface area (Å²) in [6.45, 7) is 6.07. The second kappa shape index (κ2) is 8.52. The minimum Gasteiger partial charge on any atom is -0.508 e. The summed E-state index contributed by atoms with van der Waals surface area (Å²) in [4.78, 5) is 26.7. The second-order valence-electron chi connectivity index (χ2n) is 10.0. The van der Waals surface area contributed by atoms with Gasteiger partial charge < -0.3 is 15.2 Å². The average Bonchev–Trinajstić information content (AvgIpc) is 2.94. The Labute approximate surface area is 184 Å². The van der Waals surface area contributed by atoms with E-state index < -0.39 is 5.92 Å². The van der Waals surface area contributed by atoms with E-state index in [0.29, 0.717) is 17.6 Å². The molecule has 0 spiro atoms. The van der Waals surface area contributed by atoms with Crippen LogP contribution in [0.1, 0.15) is 83.6 Å². The van der Waals surface area contributed by atoms with Gasteiger partial charge in [-0.1, -0.05) is 38.8 Å². The molecule has 5 heteroatoms. The minimum atomic E-state index is -0.523. The largest absolute Gasteiger partial charge is 0.508 e. The van der Waals surface area contributed by atoms with Crippen LogP contribution in [-0.4, -0.2) is 23.0 Å². The second-order valence-corrected chi connectivity index (χ2v) is 10.0. The first-order chi connectivity index (χ1) is 14.7. The molecule has 1 aromatic carbocycles. The fraction of sp³-hybridized carbons (Fsp3) is 0.538. The van der Waals surface area contributed by atoms with Gasteiger partial charge in [0.1, 0.15) is 11.9 Å². The van der Waals surface area contributed by atoms with Crippen LogP contribution in [-0.2, 0) is 14.3 Å². The number of dihydropyridines is 1. The molecule has 31 heavy (non-hydrogen) atoms. The molecule has 0 unspecified atom stereocenters. The maximum atomic E-state index is 13.4. The molecule has 2 N–H and O–H groups in total. The van der Waals surface area contributed by atoms with Crippen LogP contribution in [0.5, 0.6) is 5.75 Å². The van der Waals surface area contributed by atoms with Gasteiger partial charge in [-0.25, -0.2) is 4.79 Å². The van der Waals surface area contributed by atoms with Gasteiger partial charge in [0.05, 0.1) is 5.57 Å². The van der Waals surface area contributed by atoms with Crippen LogP contribution >= 0.6 is 0 Å². The number of benzene rings is 1. The van der Waals surface area contributed by atoms with E-state index in [2.05, 4.69) is 19.2 Å². The lowest BCUT2D eigenvalue weighted by atomic mass is 9.68. The number of Topliss-reactive ketones (excluding diaryl/α,β-unsaturated/α-hetero) is 1. The van der Waals surface area contributed by atoms with Gasteiger partial charge in [0.15, 0.2) is 5.78 Å². The summed E-state index contributed by atoms with van der Waals surface area (Å²) in [5, 5.41) is 13.5. The Hall–Kier alpha value is -2.56. The van der Waals surface area contributed by atoms with Gasteiger partial charge in [0.2, 0.25) is 0 Å². The predicted octanol–water partition coefficient (Wildman–Crippen LogP) is 5.26. The van der Waals surface area contributed by atoms with Crippen LogP contribution in [0.15, 0.2) is 46.8 Å². The van der Waals surface area contributed by atoms with Gasteiger partial charge in [-0.2, -0.15) is 0 Å². The van der Waals surface area contributed by atoms with Gasteiger partial charge in [-0.3, -0.25) is 4.79 Å². The number of carbonyl (C=O) groups excluding carboxylic acids is 2. The standard InChI is InChI=1S/C26H33NO4/c1-16-22(25(30)31-19-11-6-4-5-7-12-19)23(17-9-8-10-18(28)13-17)24-20(27-16)14-26(2,3)15-21(24)29/h8-10,13,19,23,27-28H,4-7,11-12,14-15H2,1-3H3/t23-/m1/s1. The minimum absolute atomic E-state index is 0.0550. The fourth-order valence-corrected chi connectivity index (χ4v) is 5.32. The van der Waals surface area contributed by atoms with Crippen molar-refractivity contribution in [1.29, 1.82) is 0 Å². The van der Waals surface area contributed by atoms with Gasteiger partial charge >= 0.3 is 5.97 Å². The molecule has 5 nitrogen and oxygen atoms in total. The molecular formula is C26H33NO4. The highest BCUT2D eigenvalue weighted by Gasteiger charge is 2.43. The number of phenols is 1. The van der Waals surface area contributed by atoms with Gasteiger partial charge in [-0.05, 0) is 62.1 Å². The molecule has 4 rings (SSSR count). The molecule has 1 saturated carbocycles. The SMILES string of the molecule is CC1=C(C(=O)OC2CCCCCC2)[C@@H](c2cccc(O)c2)C2=C(CC(C)(C)CC2=O)N1. The number of ketones is 1. The number of nitrogens with one attached hydrogen (secondary N) is 1. The molecule has 1 aromatic rings. The maximum Gasteiger partial charge on any atom is 0.337 e. The van der Waals surface area contributed by atoms with Crippen molar-refractivity contribution in [1.82, 2.24) is 5.32 Å². The summed E-state index contributed by atoms with van der Waals surface area (Å²) in [7, 11) is 0. The van der Waals surface area contributed by atoms with Gasteiger partial charge in [0, 0.05) is 29.3 Å². The monoisotopic (exact) mass is 423 g/mol. The van der Waals surface area contributed by atoms with Crippen molar-refractivity contribution in [3.8, 4) is 5.75 Å². The number of ether oxygens (including phenoxy) is 1. The number of aromatic hydroxyl groups is 1. The number of carbonyl (C=O) groups is 2. The third-order valence-corrected chi connectivity index (χ3v) is 6.74. The van der Waals surface area contributed by atoms with Gasteiger partial charge in [0.25, 0.3) is 0 Å². The normalized spacial score (nSPS) is 24.4. The Morgan fingerprint density at radius 1 is 1.13 bits per heavy atom. The van der Waals surface area contributed by atoms with Crippen LogP contribution < -0.4 is 5.32 Å². The summed E-state index contributed by atoms with van der Waals surface area (Å²) in [5.41, 5.74) is 3.36. The van der Waals surface area contributed by atoms with E-state index in [1.54, 1.807) is 18.2 Å². The van der Waals surface area contributed by atoms with Crippen molar-refractivity contribution >= 4 is 11.8 Å². The molecule has 1 heterocycles.